The lowest BCUT2D eigenvalue weighted by Gasteiger charge is -2.30. The van der Waals surface area contributed by atoms with Crippen LogP contribution < -0.4 is 0 Å². The topological polar surface area (TPSA) is 55.8 Å². The number of esters is 1. The second kappa shape index (κ2) is 11.5. The van der Waals surface area contributed by atoms with E-state index < -0.39 is 11.6 Å². The van der Waals surface area contributed by atoms with Crippen LogP contribution in [0.5, 0.6) is 0 Å². The number of hydrogen-bond donors (Lipinski definition) is 0. The van der Waals surface area contributed by atoms with Crippen molar-refractivity contribution in [1.82, 2.24) is 4.90 Å². The van der Waals surface area contributed by atoms with Crippen LogP contribution in [0.1, 0.15) is 31.9 Å². The van der Waals surface area contributed by atoms with Crippen molar-refractivity contribution in [3.63, 3.8) is 0 Å². The predicted octanol–water partition coefficient (Wildman–Crippen LogP) is 3.66. The third-order valence-electron chi connectivity index (χ3n) is 5.06. The van der Waals surface area contributed by atoms with Crippen molar-refractivity contribution >= 4 is 11.8 Å². The molecule has 0 aromatic heterocycles. The molecule has 0 aliphatic carbocycles. The van der Waals surface area contributed by atoms with Crippen molar-refractivity contribution in [2.45, 2.75) is 39.4 Å². The number of benzene rings is 2. The molecule has 0 heterocycles. The molecule has 0 aliphatic heterocycles. The minimum atomic E-state index is -1.67. The van der Waals surface area contributed by atoms with Gasteiger partial charge in [0, 0.05) is 13.0 Å². The Morgan fingerprint density at radius 1 is 0.897 bits per heavy atom. The number of likely N-dealkylation sites (N-methyl/N-ethyl adjacent to an activating group) is 1. The maximum absolute atomic E-state index is 13.1. The molecule has 1 atom stereocenters. The third kappa shape index (κ3) is 6.51. The van der Waals surface area contributed by atoms with E-state index in [0.29, 0.717) is 6.54 Å². The second-order valence-electron chi connectivity index (χ2n) is 6.98. The molecule has 2 rings (SSSR count). The first-order valence-electron chi connectivity index (χ1n) is 10.1. The number of Topliss-reactive ketones (excluding diaryl/α,β-unsaturated/α-hetero) is 1. The first kappa shape index (κ1) is 22.8. The fourth-order valence-electron chi connectivity index (χ4n) is 3.14. The molecule has 2 aromatic carbocycles. The number of hydrogen-bond acceptors (Lipinski definition) is 5. The molecular weight excluding hydrogens is 366 g/mol. The lowest BCUT2D eigenvalue weighted by atomic mass is 9.90. The largest absolute Gasteiger partial charge is 0.462 e. The van der Waals surface area contributed by atoms with Gasteiger partial charge in [0.2, 0.25) is 5.60 Å². The Labute approximate surface area is 173 Å². The highest BCUT2D eigenvalue weighted by atomic mass is 16.6. The molecule has 0 saturated carbocycles. The first-order valence-corrected chi connectivity index (χ1v) is 10.1. The molecule has 0 amide bonds. The molecule has 29 heavy (non-hydrogen) atoms. The highest BCUT2D eigenvalue weighted by molar-refractivity contribution is 6.06. The van der Waals surface area contributed by atoms with E-state index in [2.05, 4.69) is 18.7 Å². The summed E-state index contributed by atoms with van der Waals surface area (Å²) in [6.45, 7) is 8.25. The minimum Gasteiger partial charge on any atom is -0.462 e. The van der Waals surface area contributed by atoms with Crippen LogP contribution in [0, 0.1) is 0 Å². The van der Waals surface area contributed by atoms with Gasteiger partial charge in [0.15, 0.2) is 5.78 Å². The van der Waals surface area contributed by atoms with Crippen LogP contribution in [-0.2, 0) is 32.1 Å². The maximum Gasteiger partial charge on any atom is 0.346 e. The molecule has 0 spiro atoms. The van der Waals surface area contributed by atoms with E-state index in [0.717, 1.165) is 24.2 Å². The average molecular weight is 398 g/mol. The molecule has 0 saturated heterocycles. The van der Waals surface area contributed by atoms with E-state index in [9.17, 15) is 9.59 Å². The first-order chi connectivity index (χ1) is 14.0. The summed E-state index contributed by atoms with van der Waals surface area (Å²) in [6.07, 6.45) is 0.139. The molecule has 0 radical (unpaired) electrons. The van der Waals surface area contributed by atoms with Crippen molar-refractivity contribution < 1.29 is 19.1 Å². The zero-order chi connectivity index (χ0) is 21.1. The van der Waals surface area contributed by atoms with Crippen LogP contribution in [-0.4, -0.2) is 48.5 Å². The van der Waals surface area contributed by atoms with Gasteiger partial charge < -0.3 is 14.4 Å². The number of ketones is 1. The molecular formula is C24H31NO4. The van der Waals surface area contributed by atoms with E-state index in [1.807, 2.05) is 60.7 Å². The SMILES string of the molecule is CCN(CC)CCOC(=O)C(Cc1ccccc1)(OCc1ccccc1)C(C)=O. The zero-order valence-electron chi connectivity index (χ0n) is 17.6. The van der Waals surface area contributed by atoms with Gasteiger partial charge in [0.25, 0.3) is 0 Å². The molecule has 0 N–H and O–H groups in total. The van der Waals surface area contributed by atoms with Crippen LogP contribution >= 0.6 is 0 Å². The fraction of sp³-hybridized carbons (Fsp3) is 0.417. The van der Waals surface area contributed by atoms with Crippen LogP contribution in [0.4, 0.5) is 0 Å². The standard InChI is InChI=1S/C24H31NO4/c1-4-25(5-2)16-17-28-23(27)24(20(3)26,18-21-12-8-6-9-13-21)29-19-22-14-10-7-11-15-22/h6-15H,4-5,16-19H2,1-3H3. The predicted molar refractivity (Wildman–Crippen MR) is 114 cm³/mol. The van der Waals surface area contributed by atoms with Crippen molar-refractivity contribution in [1.29, 1.82) is 0 Å². The van der Waals surface area contributed by atoms with E-state index in [4.69, 9.17) is 9.47 Å². The van der Waals surface area contributed by atoms with Crippen molar-refractivity contribution in [2.75, 3.05) is 26.2 Å². The van der Waals surface area contributed by atoms with Crippen LogP contribution in [0.2, 0.25) is 0 Å². The lowest BCUT2D eigenvalue weighted by Crippen LogP contribution is -2.51. The smallest absolute Gasteiger partial charge is 0.346 e. The van der Waals surface area contributed by atoms with Crippen molar-refractivity contribution in [3.8, 4) is 0 Å². The van der Waals surface area contributed by atoms with E-state index in [-0.39, 0.29) is 25.4 Å². The summed E-state index contributed by atoms with van der Waals surface area (Å²) in [4.78, 5) is 28.0. The van der Waals surface area contributed by atoms with Gasteiger partial charge in [-0.25, -0.2) is 4.79 Å². The van der Waals surface area contributed by atoms with Gasteiger partial charge in [-0.15, -0.1) is 0 Å². The molecule has 0 fully saturated rings. The van der Waals surface area contributed by atoms with E-state index >= 15 is 0 Å². The molecule has 5 nitrogen and oxygen atoms in total. The maximum atomic E-state index is 13.1. The highest BCUT2D eigenvalue weighted by Crippen LogP contribution is 2.24. The van der Waals surface area contributed by atoms with Gasteiger partial charge >= 0.3 is 5.97 Å². The van der Waals surface area contributed by atoms with Gasteiger partial charge in [0.05, 0.1) is 6.61 Å². The molecule has 156 valence electrons. The van der Waals surface area contributed by atoms with Gasteiger partial charge in [-0.1, -0.05) is 74.5 Å². The Kier molecular flexibility index (Phi) is 9.03. The molecule has 0 aliphatic rings. The van der Waals surface area contributed by atoms with E-state index in [1.54, 1.807) is 0 Å². The van der Waals surface area contributed by atoms with Gasteiger partial charge in [-0.3, -0.25) is 4.79 Å². The molecule has 2 aromatic rings. The van der Waals surface area contributed by atoms with Crippen LogP contribution in [0.3, 0.4) is 0 Å². The third-order valence-corrected chi connectivity index (χ3v) is 5.06. The molecule has 1 unspecified atom stereocenters. The normalized spacial score (nSPS) is 13.1. The Morgan fingerprint density at radius 3 is 1.97 bits per heavy atom. The number of nitrogens with zero attached hydrogens (tertiary/aromatic N) is 1. The number of carbonyl (C=O) groups is 2. The van der Waals surface area contributed by atoms with Crippen molar-refractivity contribution in [3.05, 3.63) is 71.8 Å². The summed E-state index contributed by atoms with van der Waals surface area (Å²) in [7, 11) is 0. The monoisotopic (exact) mass is 397 g/mol. The number of rotatable bonds is 12. The Balaban J connectivity index is 2.21. The summed E-state index contributed by atoms with van der Waals surface area (Å²) in [5.41, 5.74) is 0.0686. The van der Waals surface area contributed by atoms with Crippen LogP contribution in [0.25, 0.3) is 0 Å². The molecule has 0 bridgehead atoms. The van der Waals surface area contributed by atoms with Gasteiger partial charge in [0.1, 0.15) is 6.61 Å². The Hall–Kier alpha value is -2.50. The summed E-state index contributed by atoms with van der Waals surface area (Å²) in [6, 6.07) is 18.9. The second-order valence-corrected chi connectivity index (χ2v) is 6.98. The average Bonchev–Trinajstić information content (AvgIpc) is 2.75. The number of carbonyl (C=O) groups excluding carboxylic acids is 2. The summed E-state index contributed by atoms with van der Waals surface area (Å²) >= 11 is 0. The summed E-state index contributed by atoms with van der Waals surface area (Å²) in [5.74, 6) is -0.984. The van der Waals surface area contributed by atoms with Crippen molar-refractivity contribution in [2.24, 2.45) is 0 Å². The summed E-state index contributed by atoms with van der Waals surface area (Å²) < 4.78 is 11.6. The van der Waals surface area contributed by atoms with E-state index in [1.165, 1.54) is 6.92 Å². The highest BCUT2D eigenvalue weighted by Gasteiger charge is 2.46. The van der Waals surface area contributed by atoms with Gasteiger partial charge in [-0.2, -0.15) is 0 Å². The minimum absolute atomic E-state index is 0.139. The fourth-order valence-corrected chi connectivity index (χ4v) is 3.14. The summed E-state index contributed by atoms with van der Waals surface area (Å²) in [5, 5.41) is 0. The molecule has 5 heteroatoms. The zero-order valence-corrected chi connectivity index (χ0v) is 17.6. The number of ether oxygens (including phenoxy) is 2. The Morgan fingerprint density at radius 2 is 1.45 bits per heavy atom. The quantitative estimate of drug-likeness (QED) is 0.404. The van der Waals surface area contributed by atoms with Gasteiger partial charge in [-0.05, 0) is 31.1 Å². The lowest BCUT2D eigenvalue weighted by molar-refractivity contribution is -0.179. The Bertz CT molecular complexity index is 759. The van der Waals surface area contributed by atoms with Crippen LogP contribution in [0.15, 0.2) is 60.7 Å².